The van der Waals surface area contributed by atoms with Gasteiger partial charge >= 0.3 is 0 Å². The molecule has 0 radical (unpaired) electrons. The summed E-state index contributed by atoms with van der Waals surface area (Å²) >= 11 is 0. The van der Waals surface area contributed by atoms with Gasteiger partial charge in [-0.3, -0.25) is 9.54 Å². The largest absolute Gasteiger partial charge is 0.493 e. The zero-order valence-corrected chi connectivity index (χ0v) is 19.8. The summed E-state index contributed by atoms with van der Waals surface area (Å²) in [6.07, 6.45) is 4.44. The molecule has 9 heteroatoms. The summed E-state index contributed by atoms with van der Waals surface area (Å²) in [7, 11) is -2.55. The Balaban J connectivity index is 1.98. The highest BCUT2D eigenvalue weighted by molar-refractivity contribution is 7.85. The summed E-state index contributed by atoms with van der Waals surface area (Å²) in [6.45, 7) is 6.71. The summed E-state index contributed by atoms with van der Waals surface area (Å²) in [5, 5.41) is 0. The van der Waals surface area contributed by atoms with Crippen molar-refractivity contribution < 1.29 is 31.9 Å². The van der Waals surface area contributed by atoms with Crippen LogP contribution in [0.15, 0.2) is 36.7 Å². The lowest BCUT2D eigenvalue weighted by atomic mass is 9.78. The fraction of sp³-hybridized carbons (Fsp3) is 0.522. The van der Waals surface area contributed by atoms with Crippen molar-refractivity contribution in [1.29, 1.82) is 0 Å². The second-order valence-corrected chi connectivity index (χ2v) is 10.0. The van der Waals surface area contributed by atoms with Gasteiger partial charge in [-0.05, 0) is 56.0 Å². The number of hydrogen-bond donors (Lipinski definition) is 1. The third-order valence-electron chi connectivity index (χ3n) is 5.54. The molecule has 0 atom stereocenters. The zero-order chi connectivity index (χ0) is 23.4. The van der Waals surface area contributed by atoms with Crippen molar-refractivity contribution in [2.75, 3.05) is 32.7 Å². The van der Waals surface area contributed by atoms with Crippen LogP contribution in [-0.2, 0) is 25.0 Å². The van der Waals surface area contributed by atoms with Crippen LogP contribution >= 0.6 is 0 Å². The normalized spacial score (nSPS) is 17.7. The van der Waals surface area contributed by atoms with Crippen LogP contribution in [0.1, 0.15) is 39.2 Å². The molecule has 176 valence electrons. The number of pyridine rings is 1. The number of rotatable bonds is 9. The van der Waals surface area contributed by atoms with E-state index in [1.165, 1.54) is 0 Å². The summed E-state index contributed by atoms with van der Waals surface area (Å²) < 4.78 is 55.3. The number of hydrogen-bond acceptors (Lipinski definition) is 7. The first-order chi connectivity index (χ1) is 15.1. The van der Waals surface area contributed by atoms with E-state index in [-0.39, 0.29) is 19.6 Å². The van der Waals surface area contributed by atoms with Gasteiger partial charge in [0.2, 0.25) is 0 Å². The van der Waals surface area contributed by atoms with Crippen molar-refractivity contribution in [2.24, 2.45) is 0 Å². The molecule has 1 aromatic carbocycles. The summed E-state index contributed by atoms with van der Waals surface area (Å²) in [4.78, 5) is 4.40. The summed E-state index contributed by atoms with van der Waals surface area (Å²) in [6, 6.07) is 7.61. The van der Waals surface area contributed by atoms with E-state index in [4.69, 9.17) is 18.9 Å². The van der Waals surface area contributed by atoms with Gasteiger partial charge in [-0.25, -0.2) is 0 Å². The Hall–Kier alpha value is -2.20. The molecule has 1 aliphatic rings. The molecule has 8 nitrogen and oxygen atoms in total. The van der Waals surface area contributed by atoms with Gasteiger partial charge in [-0.2, -0.15) is 8.42 Å². The van der Waals surface area contributed by atoms with Gasteiger partial charge in [0, 0.05) is 23.4 Å². The lowest BCUT2D eigenvalue weighted by Crippen LogP contribution is -2.50. The SMILES string of the molecule is CCCOc1cc(-c2cncc(C3(CCS(=O)(=O)O)COC(C)(C)OC3)c2)ccc1OC. The topological polar surface area (TPSA) is 104 Å². The lowest BCUT2D eigenvalue weighted by molar-refractivity contribution is -0.269. The van der Waals surface area contributed by atoms with Crippen LogP contribution in [0.3, 0.4) is 0 Å². The van der Waals surface area contributed by atoms with E-state index in [0.717, 1.165) is 23.1 Å². The molecule has 0 aliphatic carbocycles. The predicted molar refractivity (Wildman–Crippen MR) is 121 cm³/mol. The summed E-state index contributed by atoms with van der Waals surface area (Å²) in [5.74, 6) is 0.118. The van der Waals surface area contributed by atoms with Gasteiger partial charge in [0.05, 0.1) is 32.7 Å². The van der Waals surface area contributed by atoms with Gasteiger partial charge < -0.3 is 18.9 Å². The minimum absolute atomic E-state index is 0.139. The molecule has 0 saturated carbocycles. The third kappa shape index (κ3) is 5.98. The molecule has 2 heterocycles. The van der Waals surface area contributed by atoms with Crippen LogP contribution in [0.25, 0.3) is 11.1 Å². The smallest absolute Gasteiger partial charge is 0.264 e. The van der Waals surface area contributed by atoms with E-state index < -0.39 is 27.1 Å². The molecule has 1 aliphatic heterocycles. The number of methoxy groups -OCH3 is 1. The van der Waals surface area contributed by atoms with Gasteiger partial charge in [-0.1, -0.05) is 13.0 Å². The predicted octanol–water partition coefficient (Wildman–Crippen LogP) is 3.84. The van der Waals surface area contributed by atoms with Crippen molar-refractivity contribution >= 4 is 10.1 Å². The Labute approximate surface area is 189 Å². The molecule has 32 heavy (non-hydrogen) atoms. The molecular weight excluding hydrogens is 434 g/mol. The second-order valence-electron chi connectivity index (χ2n) is 8.47. The van der Waals surface area contributed by atoms with Crippen LogP contribution in [0.2, 0.25) is 0 Å². The first-order valence-electron chi connectivity index (χ1n) is 10.6. The monoisotopic (exact) mass is 465 g/mol. The fourth-order valence-electron chi connectivity index (χ4n) is 3.56. The molecule has 0 unspecified atom stereocenters. The minimum Gasteiger partial charge on any atom is -0.493 e. The molecular formula is C23H31NO7S. The standard InChI is InChI=1S/C23H31NO7S/c1-5-9-29-21-12-17(6-7-20(21)28-4)18-11-19(14-24-13-18)23(8-10-32(25,26)27)15-30-22(2,3)31-16-23/h6-7,11-14H,5,8-10,15-16H2,1-4H3,(H,25,26,27). The molecule has 0 amide bonds. The first kappa shape index (κ1) is 24.4. The first-order valence-corrected chi connectivity index (χ1v) is 12.2. The highest BCUT2D eigenvalue weighted by atomic mass is 32.2. The second kappa shape index (κ2) is 9.74. The highest BCUT2D eigenvalue weighted by Crippen LogP contribution is 2.38. The average molecular weight is 466 g/mol. The van der Waals surface area contributed by atoms with Gasteiger partial charge in [-0.15, -0.1) is 0 Å². The molecule has 1 N–H and O–H groups in total. The van der Waals surface area contributed by atoms with E-state index in [1.54, 1.807) is 19.5 Å². The number of benzene rings is 1. The third-order valence-corrected chi connectivity index (χ3v) is 6.26. The van der Waals surface area contributed by atoms with Crippen molar-refractivity contribution in [3.05, 3.63) is 42.2 Å². The lowest BCUT2D eigenvalue weighted by Gasteiger charge is -2.43. The fourth-order valence-corrected chi connectivity index (χ4v) is 4.20. The maximum Gasteiger partial charge on any atom is 0.264 e. The van der Waals surface area contributed by atoms with Crippen LogP contribution < -0.4 is 9.47 Å². The van der Waals surface area contributed by atoms with Crippen molar-refractivity contribution in [3.8, 4) is 22.6 Å². The minimum atomic E-state index is -4.14. The zero-order valence-electron chi connectivity index (χ0n) is 19.0. The number of aromatic nitrogens is 1. The Morgan fingerprint density at radius 2 is 1.81 bits per heavy atom. The molecule has 2 aromatic rings. The van der Waals surface area contributed by atoms with E-state index >= 15 is 0 Å². The van der Waals surface area contributed by atoms with E-state index in [0.29, 0.717) is 18.1 Å². The van der Waals surface area contributed by atoms with Crippen LogP contribution in [-0.4, -0.2) is 56.4 Å². The Morgan fingerprint density at radius 3 is 2.44 bits per heavy atom. The van der Waals surface area contributed by atoms with Crippen molar-refractivity contribution in [1.82, 2.24) is 4.98 Å². The maximum atomic E-state index is 11.5. The van der Waals surface area contributed by atoms with Gasteiger partial charge in [0.25, 0.3) is 10.1 Å². The number of ether oxygens (including phenoxy) is 4. The van der Waals surface area contributed by atoms with Gasteiger partial charge in [0.15, 0.2) is 17.3 Å². The van der Waals surface area contributed by atoms with E-state index in [9.17, 15) is 13.0 Å². The molecule has 3 rings (SSSR count). The Kier molecular flexibility index (Phi) is 7.44. The molecule has 0 spiro atoms. The number of nitrogens with zero attached hydrogens (tertiary/aromatic N) is 1. The van der Waals surface area contributed by atoms with Crippen LogP contribution in [0, 0.1) is 0 Å². The van der Waals surface area contributed by atoms with Gasteiger partial charge in [0.1, 0.15) is 0 Å². The average Bonchev–Trinajstić information content (AvgIpc) is 2.76. The molecule has 0 bridgehead atoms. The van der Waals surface area contributed by atoms with E-state index in [2.05, 4.69) is 4.98 Å². The van der Waals surface area contributed by atoms with Crippen LogP contribution in [0.4, 0.5) is 0 Å². The molecule has 1 aromatic heterocycles. The van der Waals surface area contributed by atoms with Crippen LogP contribution in [0.5, 0.6) is 11.5 Å². The highest BCUT2D eigenvalue weighted by Gasteiger charge is 2.42. The maximum absolute atomic E-state index is 11.5. The van der Waals surface area contributed by atoms with Crippen molar-refractivity contribution in [2.45, 2.75) is 44.8 Å². The molecule has 1 saturated heterocycles. The Bertz CT molecular complexity index is 1030. The Morgan fingerprint density at radius 1 is 1.09 bits per heavy atom. The molecule has 1 fully saturated rings. The quantitative estimate of drug-likeness (QED) is 0.557. The summed E-state index contributed by atoms with van der Waals surface area (Å²) in [5.41, 5.74) is 1.74. The van der Waals surface area contributed by atoms with Crippen molar-refractivity contribution in [3.63, 3.8) is 0 Å². The van der Waals surface area contributed by atoms with E-state index in [1.807, 2.05) is 45.0 Å².